The van der Waals surface area contributed by atoms with Crippen LogP contribution in [0.15, 0.2) is 11.6 Å². The van der Waals surface area contributed by atoms with E-state index in [9.17, 15) is 19.5 Å². The molecule has 3 unspecified atom stereocenters. The van der Waals surface area contributed by atoms with E-state index in [1.807, 2.05) is 20.8 Å². The van der Waals surface area contributed by atoms with Gasteiger partial charge in [-0.3, -0.25) is 9.59 Å². The maximum atomic E-state index is 14.4. The molecule has 0 aromatic rings. The molecule has 3 fully saturated rings. The summed E-state index contributed by atoms with van der Waals surface area (Å²) in [6.07, 6.45) is 12.7. The molecule has 0 aliphatic heterocycles. The Morgan fingerprint density at radius 2 is 1.62 bits per heavy atom. The van der Waals surface area contributed by atoms with Crippen molar-refractivity contribution >= 4 is 17.8 Å². The number of nitrogens with one attached hydrogen (secondary N) is 2. The third-order valence-corrected chi connectivity index (χ3v) is 12.7. The zero-order chi connectivity index (χ0) is 33.4. The molecule has 0 radical (unpaired) electrons. The van der Waals surface area contributed by atoms with Crippen LogP contribution in [-0.2, 0) is 14.3 Å². The summed E-state index contributed by atoms with van der Waals surface area (Å²) in [7, 11) is 0. The van der Waals surface area contributed by atoms with Crippen LogP contribution in [0.5, 0.6) is 0 Å². The zero-order valence-corrected chi connectivity index (χ0v) is 29.9. The highest BCUT2D eigenvalue weighted by Gasteiger charge is 2.65. The number of hydrogen-bond acceptors (Lipinski definition) is 5. The number of amides is 2. The third-order valence-electron chi connectivity index (χ3n) is 12.7. The molecule has 2 amide bonds. The Morgan fingerprint density at radius 1 is 0.956 bits per heavy atom. The molecule has 4 aliphatic carbocycles. The van der Waals surface area contributed by atoms with Crippen molar-refractivity contribution in [2.24, 2.45) is 45.3 Å². The molecule has 256 valence electrons. The summed E-state index contributed by atoms with van der Waals surface area (Å²) in [5.41, 5.74) is -0.0992. The van der Waals surface area contributed by atoms with Crippen molar-refractivity contribution in [3.05, 3.63) is 11.6 Å². The average molecular weight is 629 g/mol. The second-order valence-electron chi connectivity index (χ2n) is 17.5. The molecule has 0 bridgehead atoms. The number of fused-ring (bicyclic) bond motifs is 3. The minimum absolute atomic E-state index is 0.0197. The third kappa shape index (κ3) is 7.18. The van der Waals surface area contributed by atoms with Crippen LogP contribution in [0, 0.1) is 45.3 Å². The first kappa shape index (κ1) is 36.0. The molecule has 3 N–H and O–H groups in total. The number of allylic oxidation sites excluding steroid dienone is 2. The normalized spacial score (nSPS) is 38.0. The topological polar surface area (TPSA) is 105 Å². The molecular weight excluding hydrogens is 564 g/mol. The van der Waals surface area contributed by atoms with Gasteiger partial charge in [0.05, 0.1) is 6.10 Å². The van der Waals surface area contributed by atoms with Gasteiger partial charge >= 0.3 is 6.09 Å². The lowest BCUT2D eigenvalue weighted by molar-refractivity contribution is -0.185. The van der Waals surface area contributed by atoms with Crippen LogP contribution in [0.1, 0.15) is 139 Å². The van der Waals surface area contributed by atoms with E-state index in [0.29, 0.717) is 37.1 Å². The quantitative estimate of drug-likeness (QED) is 0.227. The minimum Gasteiger partial charge on any atom is -0.444 e. The Bertz CT molecular complexity index is 1140. The van der Waals surface area contributed by atoms with Crippen LogP contribution in [0.25, 0.3) is 0 Å². The highest BCUT2D eigenvalue weighted by molar-refractivity contribution is 5.95. The van der Waals surface area contributed by atoms with Crippen molar-refractivity contribution in [3.8, 4) is 0 Å². The second kappa shape index (κ2) is 13.3. The SMILES string of the molecule is CCCCC1C(C2CCC[C@](C)(C(=O)NCCCNC(=O)OC(C)(C)C)C2)=CC(=O)C2[C@@]1(C)CC[C@H]1C(C)(C)[C@@H](O)CC[C@]21C. The fourth-order valence-electron chi connectivity index (χ4n) is 10.5. The summed E-state index contributed by atoms with van der Waals surface area (Å²) >= 11 is 0. The van der Waals surface area contributed by atoms with E-state index >= 15 is 0 Å². The molecular formula is C38H64N2O5. The molecule has 45 heavy (non-hydrogen) atoms. The van der Waals surface area contributed by atoms with Crippen molar-refractivity contribution in [1.29, 1.82) is 0 Å². The Kier molecular flexibility index (Phi) is 10.6. The van der Waals surface area contributed by atoms with E-state index in [0.717, 1.165) is 70.6 Å². The van der Waals surface area contributed by atoms with Gasteiger partial charge in [0.1, 0.15) is 5.60 Å². The number of rotatable bonds is 9. The molecule has 0 aromatic carbocycles. The van der Waals surface area contributed by atoms with Crippen molar-refractivity contribution in [2.75, 3.05) is 13.1 Å². The highest BCUT2D eigenvalue weighted by Crippen LogP contribution is 2.69. The van der Waals surface area contributed by atoms with Crippen molar-refractivity contribution in [2.45, 2.75) is 151 Å². The number of hydrogen-bond donors (Lipinski definition) is 3. The summed E-state index contributed by atoms with van der Waals surface area (Å²) in [5.74, 6) is 1.28. The first-order valence-corrected chi connectivity index (χ1v) is 18.1. The molecule has 8 atom stereocenters. The van der Waals surface area contributed by atoms with Gasteiger partial charge in [-0.25, -0.2) is 4.79 Å². The lowest BCUT2D eigenvalue weighted by Crippen LogP contribution is -2.63. The van der Waals surface area contributed by atoms with Gasteiger partial charge in [0.15, 0.2) is 5.78 Å². The Labute approximate surface area is 273 Å². The van der Waals surface area contributed by atoms with Crippen LogP contribution in [0.3, 0.4) is 0 Å². The lowest BCUT2D eigenvalue weighted by atomic mass is 9.38. The van der Waals surface area contributed by atoms with Crippen molar-refractivity contribution in [3.63, 3.8) is 0 Å². The van der Waals surface area contributed by atoms with Gasteiger partial charge in [0, 0.05) is 24.4 Å². The van der Waals surface area contributed by atoms with Crippen LogP contribution < -0.4 is 10.6 Å². The summed E-state index contributed by atoms with van der Waals surface area (Å²) in [5, 5.41) is 16.9. The number of unbranched alkanes of at least 4 members (excludes halogenated alkanes) is 1. The Morgan fingerprint density at radius 3 is 2.29 bits per heavy atom. The highest BCUT2D eigenvalue weighted by atomic mass is 16.6. The lowest BCUT2D eigenvalue weighted by Gasteiger charge is -2.65. The van der Waals surface area contributed by atoms with Crippen molar-refractivity contribution in [1.82, 2.24) is 10.6 Å². The van der Waals surface area contributed by atoms with Crippen LogP contribution in [-0.4, -0.2) is 47.7 Å². The molecule has 0 spiro atoms. The van der Waals surface area contributed by atoms with Gasteiger partial charge in [-0.05, 0) is 119 Å². The largest absolute Gasteiger partial charge is 0.444 e. The molecule has 7 heteroatoms. The fourth-order valence-corrected chi connectivity index (χ4v) is 10.5. The molecule has 4 aliphatic rings. The van der Waals surface area contributed by atoms with E-state index in [2.05, 4.69) is 58.3 Å². The van der Waals surface area contributed by atoms with Crippen molar-refractivity contribution < 1.29 is 24.2 Å². The summed E-state index contributed by atoms with van der Waals surface area (Å²) in [6.45, 7) is 20.0. The number of ketones is 1. The van der Waals surface area contributed by atoms with Gasteiger partial charge in [-0.1, -0.05) is 66.4 Å². The monoisotopic (exact) mass is 628 g/mol. The molecule has 0 aromatic heterocycles. The summed E-state index contributed by atoms with van der Waals surface area (Å²) in [6, 6.07) is 0. The number of aliphatic hydroxyl groups is 1. The zero-order valence-electron chi connectivity index (χ0n) is 29.9. The Hall–Kier alpha value is -1.89. The van der Waals surface area contributed by atoms with Crippen LogP contribution in [0.2, 0.25) is 0 Å². The first-order chi connectivity index (χ1) is 20.9. The minimum atomic E-state index is -0.537. The predicted octanol–water partition coefficient (Wildman–Crippen LogP) is 7.75. The van der Waals surface area contributed by atoms with Gasteiger partial charge < -0.3 is 20.5 Å². The predicted molar refractivity (Wildman–Crippen MR) is 179 cm³/mol. The second-order valence-corrected chi connectivity index (χ2v) is 17.5. The number of carbonyl (C=O) groups excluding carboxylic acids is 3. The molecule has 7 nitrogen and oxygen atoms in total. The van der Waals surface area contributed by atoms with E-state index in [1.165, 1.54) is 5.57 Å². The first-order valence-electron chi connectivity index (χ1n) is 18.1. The molecule has 3 saturated carbocycles. The molecule has 0 heterocycles. The smallest absolute Gasteiger partial charge is 0.407 e. The van der Waals surface area contributed by atoms with E-state index < -0.39 is 17.1 Å². The van der Waals surface area contributed by atoms with Crippen LogP contribution >= 0.6 is 0 Å². The number of carbonyl (C=O) groups is 3. The maximum absolute atomic E-state index is 14.4. The van der Waals surface area contributed by atoms with Crippen LogP contribution in [0.4, 0.5) is 4.79 Å². The average Bonchev–Trinajstić information content (AvgIpc) is 2.93. The summed E-state index contributed by atoms with van der Waals surface area (Å²) < 4.78 is 5.29. The van der Waals surface area contributed by atoms with E-state index in [1.54, 1.807) is 0 Å². The van der Waals surface area contributed by atoms with Gasteiger partial charge in [0.25, 0.3) is 0 Å². The van der Waals surface area contributed by atoms with E-state index in [-0.39, 0.29) is 40.1 Å². The van der Waals surface area contributed by atoms with Gasteiger partial charge in [-0.2, -0.15) is 0 Å². The van der Waals surface area contributed by atoms with E-state index in [4.69, 9.17) is 4.74 Å². The Balaban J connectivity index is 1.49. The molecule has 0 saturated heterocycles. The number of ether oxygens (including phenoxy) is 1. The fraction of sp³-hybridized carbons (Fsp3) is 0.868. The van der Waals surface area contributed by atoms with Gasteiger partial charge in [-0.15, -0.1) is 0 Å². The molecule has 4 rings (SSSR count). The summed E-state index contributed by atoms with van der Waals surface area (Å²) in [4.78, 5) is 40.0. The van der Waals surface area contributed by atoms with Gasteiger partial charge in [0.2, 0.25) is 5.91 Å². The maximum Gasteiger partial charge on any atom is 0.407 e. The number of alkyl carbamates (subject to hydrolysis) is 1. The number of aliphatic hydroxyl groups excluding tert-OH is 1. The standard InChI is InChI=1S/C38H64N2O5/c1-10-11-15-27-26(23-28(41)31-37(27,8)19-16-29-35(5,6)30(42)17-20-38(29,31)9)25-14-12-18-36(7,24-25)32(43)39-21-13-22-40-33(44)45-34(2,3)4/h23,25,27,29-31,42H,10-22,24H2,1-9H3,(H,39,43)(H,40,44)/t25?,27?,29-,30-,31?,36-,37-,38-/m0/s1.